The van der Waals surface area contributed by atoms with Crippen LogP contribution in [-0.4, -0.2) is 58.2 Å². The summed E-state index contributed by atoms with van der Waals surface area (Å²) in [6.07, 6.45) is -3.49. The van der Waals surface area contributed by atoms with E-state index in [9.17, 15) is 9.59 Å². The number of aliphatic hydroxyl groups is 2. The van der Waals surface area contributed by atoms with Crippen molar-refractivity contribution in [1.82, 2.24) is 5.32 Å². The summed E-state index contributed by atoms with van der Waals surface area (Å²) in [6.45, 7) is 0.936. The average Bonchev–Trinajstić information content (AvgIpc) is 3.30. The molecule has 0 aliphatic rings. The summed E-state index contributed by atoms with van der Waals surface area (Å²) in [5.74, 6) is -2.58. The predicted octanol–water partition coefficient (Wildman–Crippen LogP) is 2.51. The fraction of sp³-hybridized carbons (Fsp3) is 0.273. The smallest absolute Gasteiger partial charge is 0.335 e. The molecule has 31 heavy (non-hydrogen) atoms. The van der Waals surface area contributed by atoms with Crippen LogP contribution < -0.4 is 10.1 Å². The minimum absolute atomic E-state index is 0.0921. The van der Waals surface area contributed by atoms with Crippen LogP contribution in [0.1, 0.15) is 18.1 Å². The molecular formula is C22H25NO7S. The topological polar surface area (TPSA) is 136 Å². The van der Waals surface area contributed by atoms with Gasteiger partial charge in [0.15, 0.2) is 12.2 Å². The van der Waals surface area contributed by atoms with Gasteiger partial charge in [-0.25, -0.2) is 9.59 Å². The molecule has 166 valence electrons. The van der Waals surface area contributed by atoms with Crippen LogP contribution in [0.3, 0.4) is 0 Å². The van der Waals surface area contributed by atoms with E-state index in [-0.39, 0.29) is 6.10 Å². The molecule has 2 unspecified atom stereocenters. The number of hydrogen-bond donors (Lipinski definition) is 5. The van der Waals surface area contributed by atoms with Crippen molar-refractivity contribution < 1.29 is 34.8 Å². The summed E-state index contributed by atoms with van der Waals surface area (Å²) in [7, 11) is 1.97. The molecule has 0 radical (unpaired) electrons. The number of nitrogens with one attached hydrogen (secondary N) is 1. The number of ether oxygens (including phenoxy) is 1. The number of fused-ring (bicyclic) bond motifs is 1. The molecule has 0 fully saturated rings. The molecule has 1 heterocycles. The number of carboxylic acid groups (broad SMARTS) is 2. The minimum Gasteiger partial charge on any atom is -0.485 e. The number of carboxylic acids is 2. The second-order valence-electron chi connectivity index (χ2n) is 6.60. The van der Waals surface area contributed by atoms with Crippen molar-refractivity contribution in [2.45, 2.75) is 24.7 Å². The molecule has 8 nitrogen and oxygen atoms in total. The fourth-order valence-corrected chi connectivity index (χ4v) is 3.45. The SMILES string of the molecule is CNCC[C@H](Oc1cccc2ccccc12)c1ccsc1.O=C(O)C(O)C(O)C(=O)O. The number of aliphatic carboxylic acids is 2. The zero-order valence-corrected chi connectivity index (χ0v) is 17.7. The van der Waals surface area contributed by atoms with Crippen molar-refractivity contribution >= 4 is 34.0 Å². The molecule has 0 aliphatic heterocycles. The van der Waals surface area contributed by atoms with Gasteiger partial charge in [0.2, 0.25) is 0 Å². The summed E-state index contributed by atoms with van der Waals surface area (Å²) in [4.78, 5) is 19.5. The van der Waals surface area contributed by atoms with Crippen molar-refractivity contribution in [3.63, 3.8) is 0 Å². The van der Waals surface area contributed by atoms with Crippen LogP contribution in [0.5, 0.6) is 5.75 Å². The first-order valence-corrected chi connectivity index (χ1v) is 10.4. The summed E-state index contributed by atoms with van der Waals surface area (Å²) < 4.78 is 6.34. The third-order valence-electron chi connectivity index (χ3n) is 4.40. The molecule has 0 bridgehead atoms. The van der Waals surface area contributed by atoms with E-state index < -0.39 is 24.1 Å². The molecule has 3 aromatic rings. The lowest BCUT2D eigenvalue weighted by atomic mass is 10.1. The molecule has 3 atom stereocenters. The maximum atomic E-state index is 9.77. The Bertz CT molecular complexity index is 954. The van der Waals surface area contributed by atoms with Crippen LogP contribution in [0.25, 0.3) is 10.8 Å². The third kappa shape index (κ3) is 7.04. The highest BCUT2D eigenvalue weighted by molar-refractivity contribution is 7.07. The predicted molar refractivity (Wildman–Crippen MR) is 117 cm³/mol. The van der Waals surface area contributed by atoms with E-state index in [4.69, 9.17) is 25.2 Å². The Kier molecular flexibility index (Phi) is 9.41. The molecular weight excluding hydrogens is 422 g/mol. The van der Waals surface area contributed by atoms with Gasteiger partial charge in [-0.1, -0.05) is 36.4 Å². The lowest BCUT2D eigenvalue weighted by Crippen LogP contribution is -2.39. The number of carbonyl (C=O) groups is 2. The zero-order valence-electron chi connectivity index (χ0n) is 16.8. The van der Waals surface area contributed by atoms with E-state index in [1.165, 1.54) is 16.3 Å². The highest BCUT2D eigenvalue weighted by Crippen LogP contribution is 2.31. The van der Waals surface area contributed by atoms with Crippen molar-refractivity contribution in [1.29, 1.82) is 0 Å². The quantitative estimate of drug-likeness (QED) is 0.338. The van der Waals surface area contributed by atoms with E-state index in [0.29, 0.717) is 0 Å². The Hall–Kier alpha value is -2.98. The Morgan fingerprint density at radius 2 is 1.65 bits per heavy atom. The standard InChI is InChI=1S/C18H19NOS.C4H6O6/c1-19-11-9-17(15-10-12-21-13-15)20-18-8-4-6-14-5-2-3-7-16(14)18;5-1(3(7)8)2(6)4(9)10/h2-8,10,12-13,17,19H,9,11H2,1H3;1-2,5-6H,(H,7,8)(H,9,10)/t17-;/m0./s1. The van der Waals surface area contributed by atoms with Gasteiger partial charge in [-0.3, -0.25) is 0 Å². The van der Waals surface area contributed by atoms with E-state index in [2.05, 4.69) is 64.6 Å². The van der Waals surface area contributed by atoms with Gasteiger partial charge in [-0.2, -0.15) is 11.3 Å². The lowest BCUT2D eigenvalue weighted by Gasteiger charge is -2.19. The van der Waals surface area contributed by atoms with E-state index >= 15 is 0 Å². The number of aliphatic hydroxyl groups excluding tert-OH is 2. The van der Waals surface area contributed by atoms with Crippen LogP contribution in [-0.2, 0) is 9.59 Å². The molecule has 5 N–H and O–H groups in total. The number of thiophene rings is 1. The number of hydrogen-bond acceptors (Lipinski definition) is 7. The number of benzene rings is 2. The first-order chi connectivity index (χ1) is 14.8. The van der Waals surface area contributed by atoms with Crippen LogP contribution in [0.4, 0.5) is 0 Å². The lowest BCUT2D eigenvalue weighted by molar-refractivity contribution is -0.165. The zero-order chi connectivity index (χ0) is 22.8. The summed E-state index contributed by atoms with van der Waals surface area (Å²) in [6, 6.07) is 16.7. The van der Waals surface area contributed by atoms with E-state index in [0.717, 1.165) is 18.7 Å². The van der Waals surface area contributed by atoms with Crippen molar-refractivity contribution in [3.8, 4) is 5.75 Å². The van der Waals surface area contributed by atoms with E-state index in [1.807, 2.05) is 7.05 Å². The normalized spacial score (nSPS) is 13.5. The van der Waals surface area contributed by atoms with Crippen molar-refractivity contribution in [2.75, 3.05) is 13.6 Å². The molecule has 9 heteroatoms. The maximum absolute atomic E-state index is 9.77. The first kappa shape index (κ1) is 24.3. The molecule has 0 aliphatic carbocycles. The first-order valence-electron chi connectivity index (χ1n) is 9.48. The van der Waals surface area contributed by atoms with Gasteiger partial charge in [0.1, 0.15) is 11.9 Å². The Morgan fingerprint density at radius 3 is 2.23 bits per heavy atom. The van der Waals surface area contributed by atoms with Gasteiger partial charge in [0.05, 0.1) is 0 Å². The third-order valence-corrected chi connectivity index (χ3v) is 5.10. The van der Waals surface area contributed by atoms with Gasteiger partial charge in [-0.15, -0.1) is 0 Å². The van der Waals surface area contributed by atoms with Crippen LogP contribution in [0, 0.1) is 0 Å². The fourth-order valence-electron chi connectivity index (χ4n) is 2.75. The molecule has 0 saturated heterocycles. The highest BCUT2D eigenvalue weighted by atomic mass is 32.1. The molecule has 0 spiro atoms. The Labute approximate surface area is 183 Å². The number of rotatable bonds is 9. The van der Waals surface area contributed by atoms with Gasteiger partial charge in [0, 0.05) is 17.4 Å². The maximum Gasteiger partial charge on any atom is 0.335 e. The second kappa shape index (κ2) is 12.0. The second-order valence-corrected chi connectivity index (χ2v) is 7.38. The van der Waals surface area contributed by atoms with Crippen LogP contribution >= 0.6 is 11.3 Å². The van der Waals surface area contributed by atoms with Gasteiger partial charge < -0.3 is 30.5 Å². The van der Waals surface area contributed by atoms with E-state index in [1.54, 1.807) is 11.3 Å². The molecule has 2 aromatic carbocycles. The largest absolute Gasteiger partial charge is 0.485 e. The van der Waals surface area contributed by atoms with Crippen molar-refractivity contribution in [3.05, 3.63) is 64.9 Å². The summed E-state index contributed by atoms with van der Waals surface area (Å²) >= 11 is 1.72. The molecule has 0 saturated carbocycles. The van der Waals surface area contributed by atoms with Gasteiger partial charge in [0.25, 0.3) is 0 Å². The van der Waals surface area contributed by atoms with Gasteiger partial charge >= 0.3 is 11.9 Å². The van der Waals surface area contributed by atoms with Crippen LogP contribution in [0.2, 0.25) is 0 Å². The monoisotopic (exact) mass is 447 g/mol. The molecule has 0 amide bonds. The van der Waals surface area contributed by atoms with Gasteiger partial charge in [-0.05, 0) is 41.9 Å². The highest BCUT2D eigenvalue weighted by Gasteiger charge is 2.29. The summed E-state index contributed by atoms with van der Waals surface area (Å²) in [5.41, 5.74) is 1.25. The van der Waals surface area contributed by atoms with Crippen molar-refractivity contribution in [2.24, 2.45) is 0 Å². The molecule has 3 rings (SSSR count). The molecule has 1 aromatic heterocycles. The Balaban J connectivity index is 0.000000291. The average molecular weight is 448 g/mol. The summed E-state index contributed by atoms with van der Waals surface area (Å²) in [5, 5.41) is 42.4. The Morgan fingerprint density at radius 1 is 1.00 bits per heavy atom. The minimum atomic E-state index is -2.27. The van der Waals surface area contributed by atoms with Crippen LogP contribution in [0.15, 0.2) is 59.3 Å².